The second-order valence-electron chi connectivity index (χ2n) is 4.05. The van der Waals surface area contributed by atoms with Gasteiger partial charge in [0.1, 0.15) is 5.75 Å². The summed E-state index contributed by atoms with van der Waals surface area (Å²) in [5.74, 6) is 0.109. The zero-order valence-electron chi connectivity index (χ0n) is 9.84. The molecule has 0 spiro atoms. The number of phenols is 1. The van der Waals surface area contributed by atoms with Gasteiger partial charge in [0, 0.05) is 18.8 Å². The van der Waals surface area contributed by atoms with Crippen molar-refractivity contribution in [2.45, 2.75) is 31.8 Å². The highest BCUT2D eigenvalue weighted by Crippen LogP contribution is 2.29. The number of hydrogen-bond acceptors (Lipinski definition) is 4. The van der Waals surface area contributed by atoms with E-state index in [1.807, 2.05) is 0 Å². The number of phenolic OH excluding ortho intramolecular Hbond substituents is 1. The molecule has 0 radical (unpaired) electrons. The van der Waals surface area contributed by atoms with Crippen molar-refractivity contribution in [1.29, 1.82) is 0 Å². The maximum Gasteiger partial charge on any atom is 0.119 e. The van der Waals surface area contributed by atoms with E-state index in [1.54, 1.807) is 18.2 Å². The molecule has 1 aromatic carbocycles. The van der Waals surface area contributed by atoms with Crippen molar-refractivity contribution >= 4 is 0 Å². The van der Waals surface area contributed by atoms with Crippen molar-refractivity contribution in [2.75, 3.05) is 13.2 Å². The molecule has 4 nitrogen and oxygen atoms in total. The van der Waals surface area contributed by atoms with E-state index in [0.29, 0.717) is 30.4 Å². The van der Waals surface area contributed by atoms with Crippen molar-refractivity contribution in [2.24, 2.45) is 0 Å². The average molecular weight is 240 g/mol. The molecule has 4 heteroatoms. The van der Waals surface area contributed by atoms with Gasteiger partial charge in [-0.2, -0.15) is 0 Å². The molecular formula is C13H20O4. The quantitative estimate of drug-likeness (QED) is 0.538. The Hall–Kier alpha value is -1.10. The maximum absolute atomic E-state index is 10.0. The minimum Gasteiger partial charge on any atom is -0.508 e. The molecule has 0 aromatic heterocycles. The molecule has 1 aromatic rings. The molecule has 0 amide bonds. The summed E-state index contributed by atoms with van der Waals surface area (Å²) in [6, 6.07) is 4.99. The first kappa shape index (κ1) is 14.0. The maximum atomic E-state index is 10.0. The Morgan fingerprint density at radius 3 is 2.47 bits per heavy atom. The van der Waals surface area contributed by atoms with Crippen molar-refractivity contribution in [1.82, 2.24) is 0 Å². The van der Waals surface area contributed by atoms with Crippen LogP contribution in [0.4, 0.5) is 0 Å². The predicted molar refractivity (Wildman–Crippen MR) is 64.8 cm³/mol. The number of aromatic hydroxyl groups is 1. The fourth-order valence-electron chi connectivity index (χ4n) is 1.89. The lowest BCUT2D eigenvalue weighted by Gasteiger charge is -2.16. The summed E-state index contributed by atoms with van der Waals surface area (Å²) in [7, 11) is 0. The van der Waals surface area contributed by atoms with Crippen LogP contribution in [0.1, 0.15) is 36.5 Å². The Morgan fingerprint density at radius 1 is 1.06 bits per heavy atom. The van der Waals surface area contributed by atoms with Gasteiger partial charge in [0.15, 0.2) is 0 Å². The van der Waals surface area contributed by atoms with Gasteiger partial charge >= 0.3 is 0 Å². The minimum atomic E-state index is -0.657. The number of aliphatic hydroxyl groups excluding tert-OH is 3. The van der Waals surface area contributed by atoms with Gasteiger partial charge < -0.3 is 20.4 Å². The highest BCUT2D eigenvalue weighted by molar-refractivity contribution is 5.40. The molecule has 1 atom stereocenters. The molecular weight excluding hydrogens is 220 g/mol. The third-order valence-electron chi connectivity index (χ3n) is 2.79. The topological polar surface area (TPSA) is 80.9 Å². The monoisotopic (exact) mass is 240 g/mol. The van der Waals surface area contributed by atoms with Crippen LogP contribution in [0, 0.1) is 0 Å². The fourth-order valence-corrected chi connectivity index (χ4v) is 1.89. The smallest absolute Gasteiger partial charge is 0.119 e. The standard InChI is InChI=1S/C13H20O4/c14-8-2-1-5-12(16)10-4-3-6-13(17)11(10)7-9-15/h3-4,6,12,14-17H,1-2,5,7-9H2. The second-order valence-corrected chi connectivity index (χ2v) is 4.05. The van der Waals surface area contributed by atoms with E-state index < -0.39 is 6.10 Å². The van der Waals surface area contributed by atoms with E-state index in [0.717, 1.165) is 6.42 Å². The number of benzene rings is 1. The molecule has 96 valence electrons. The van der Waals surface area contributed by atoms with Crippen LogP contribution in [0.5, 0.6) is 5.75 Å². The number of hydrogen-bond donors (Lipinski definition) is 4. The zero-order chi connectivity index (χ0) is 12.7. The highest BCUT2D eigenvalue weighted by Gasteiger charge is 2.14. The van der Waals surface area contributed by atoms with E-state index in [-0.39, 0.29) is 19.0 Å². The normalized spacial score (nSPS) is 12.6. The molecule has 1 rings (SSSR count). The van der Waals surface area contributed by atoms with E-state index in [4.69, 9.17) is 10.2 Å². The van der Waals surface area contributed by atoms with Gasteiger partial charge in [-0.25, -0.2) is 0 Å². The Morgan fingerprint density at radius 2 is 1.82 bits per heavy atom. The minimum absolute atomic E-state index is 0.0616. The van der Waals surface area contributed by atoms with Gasteiger partial charge in [0.05, 0.1) is 6.10 Å². The lowest BCUT2D eigenvalue weighted by atomic mass is 9.96. The van der Waals surface area contributed by atoms with Gasteiger partial charge in [0.25, 0.3) is 0 Å². The number of rotatable bonds is 7. The predicted octanol–water partition coefficient (Wildman–Crippen LogP) is 1.12. The molecule has 0 aliphatic rings. The summed E-state index contributed by atoms with van der Waals surface area (Å²) in [6.45, 7) is 0.0597. The molecule has 0 fully saturated rings. The van der Waals surface area contributed by atoms with Crippen molar-refractivity contribution < 1.29 is 20.4 Å². The van der Waals surface area contributed by atoms with E-state index in [9.17, 15) is 10.2 Å². The summed E-state index contributed by atoms with van der Waals surface area (Å²) < 4.78 is 0. The van der Waals surface area contributed by atoms with Crippen LogP contribution in [-0.2, 0) is 6.42 Å². The lowest BCUT2D eigenvalue weighted by molar-refractivity contribution is 0.157. The highest BCUT2D eigenvalue weighted by atomic mass is 16.3. The number of unbranched alkanes of at least 4 members (excludes halogenated alkanes) is 1. The Bertz CT molecular complexity index is 338. The van der Waals surface area contributed by atoms with E-state index in [1.165, 1.54) is 0 Å². The summed E-state index contributed by atoms with van der Waals surface area (Å²) in [5.41, 5.74) is 1.27. The molecule has 0 bridgehead atoms. The third kappa shape index (κ3) is 4.00. The SMILES string of the molecule is OCCCCC(O)c1cccc(O)c1CCO. The Balaban J connectivity index is 2.77. The molecule has 4 N–H and O–H groups in total. The van der Waals surface area contributed by atoms with Crippen LogP contribution in [0.3, 0.4) is 0 Å². The van der Waals surface area contributed by atoms with Gasteiger partial charge in [-0.1, -0.05) is 12.1 Å². The zero-order valence-corrected chi connectivity index (χ0v) is 9.84. The number of aliphatic hydroxyl groups is 3. The van der Waals surface area contributed by atoms with E-state index >= 15 is 0 Å². The molecule has 1 unspecified atom stereocenters. The van der Waals surface area contributed by atoms with Gasteiger partial charge in [-0.3, -0.25) is 0 Å². The summed E-state index contributed by atoms with van der Waals surface area (Å²) in [4.78, 5) is 0. The third-order valence-corrected chi connectivity index (χ3v) is 2.79. The van der Waals surface area contributed by atoms with Crippen LogP contribution in [0.15, 0.2) is 18.2 Å². The first-order valence-corrected chi connectivity index (χ1v) is 5.91. The second kappa shape index (κ2) is 7.27. The van der Waals surface area contributed by atoms with Crippen LogP contribution in [-0.4, -0.2) is 33.6 Å². The molecule has 0 aliphatic heterocycles. The molecule has 0 aliphatic carbocycles. The van der Waals surface area contributed by atoms with Crippen LogP contribution in [0.2, 0.25) is 0 Å². The van der Waals surface area contributed by atoms with Gasteiger partial charge in [-0.05, 0) is 37.3 Å². The molecule has 0 saturated heterocycles. The summed E-state index contributed by atoms with van der Waals surface area (Å²) in [6.07, 6.45) is 1.61. The lowest BCUT2D eigenvalue weighted by Crippen LogP contribution is -2.04. The summed E-state index contributed by atoms with van der Waals surface area (Å²) in [5, 5.41) is 37.3. The van der Waals surface area contributed by atoms with Crippen LogP contribution >= 0.6 is 0 Å². The van der Waals surface area contributed by atoms with Crippen molar-refractivity contribution in [3.63, 3.8) is 0 Å². The first-order chi connectivity index (χ1) is 8.20. The van der Waals surface area contributed by atoms with Crippen LogP contribution < -0.4 is 0 Å². The van der Waals surface area contributed by atoms with Crippen molar-refractivity contribution in [3.8, 4) is 5.75 Å². The summed E-state index contributed by atoms with van der Waals surface area (Å²) >= 11 is 0. The van der Waals surface area contributed by atoms with E-state index in [2.05, 4.69) is 0 Å². The fraction of sp³-hybridized carbons (Fsp3) is 0.538. The molecule has 17 heavy (non-hydrogen) atoms. The van der Waals surface area contributed by atoms with Crippen molar-refractivity contribution in [3.05, 3.63) is 29.3 Å². The largest absolute Gasteiger partial charge is 0.508 e. The average Bonchev–Trinajstić information content (AvgIpc) is 2.32. The Labute approximate surface area is 101 Å². The Kier molecular flexibility index (Phi) is 5.97. The first-order valence-electron chi connectivity index (χ1n) is 5.91. The molecule has 0 saturated carbocycles. The van der Waals surface area contributed by atoms with Gasteiger partial charge in [0.2, 0.25) is 0 Å². The molecule has 0 heterocycles. The van der Waals surface area contributed by atoms with Gasteiger partial charge in [-0.15, -0.1) is 0 Å². The van der Waals surface area contributed by atoms with Crippen LogP contribution in [0.25, 0.3) is 0 Å².